The molecule has 0 aromatic carbocycles. The number of ether oxygens (including phenoxy) is 3. The van der Waals surface area contributed by atoms with E-state index in [0.29, 0.717) is 19.1 Å². The molecule has 15 nitrogen and oxygen atoms in total. The van der Waals surface area contributed by atoms with Crippen LogP contribution in [0.1, 0.15) is 66.2 Å². The quantitative estimate of drug-likeness (QED) is 0.115. The normalized spacial score (nSPS) is 22.2. The molecule has 3 rings (SSSR count). The van der Waals surface area contributed by atoms with Crippen LogP contribution in [-0.2, 0) is 47.8 Å². The lowest BCUT2D eigenvalue weighted by molar-refractivity contribution is -0.159. The summed E-state index contributed by atoms with van der Waals surface area (Å²) in [7, 11) is 0. The number of carbonyl (C=O) groups is 7. The third-order valence-electron chi connectivity index (χ3n) is 7.74. The van der Waals surface area contributed by atoms with Crippen LogP contribution >= 0.6 is 0 Å². The molecule has 3 heterocycles. The standard InChI is InChI=1S/C32H47N5O10/c1-6-16-46-30(43)21(8-10-28(42)37-15-17-45-29(37)23-18-20(2)19-33-23)34-24(38)9-7-22(31(44)47-32(3,4)5)35-25(39)13-14-36-26(40)11-12-27(36)41/h6,11-12,20-23,29,33H,1,7-10,13-19H2,2-5H3,(H,34,38)(H,35,39)/t20?,21-,22-,23-,29?/m0/s1. The van der Waals surface area contributed by atoms with Crippen molar-refractivity contribution >= 4 is 41.5 Å². The number of nitrogens with zero attached hydrogens (tertiary/aromatic N) is 2. The molecule has 0 aromatic heterocycles. The largest absolute Gasteiger partial charge is 0.460 e. The zero-order valence-electron chi connectivity index (χ0n) is 27.6. The molecule has 3 aliphatic heterocycles. The molecule has 0 saturated carbocycles. The van der Waals surface area contributed by atoms with Gasteiger partial charge >= 0.3 is 11.9 Å². The molecular weight excluding hydrogens is 614 g/mol. The van der Waals surface area contributed by atoms with Gasteiger partial charge in [0.05, 0.1) is 12.6 Å². The second-order valence-electron chi connectivity index (χ2n) is 12.9. The van der Waals surface area contributed by atoms with E-state index >= 15 is 0 Å². The predicted octanol–water partition coefficient (Wildman–Crippen LogP) is 0.0853. The van der Waals surface area contributed by atoms with Crippen LogP contribution in [0, 0.1) is 5.92 Å². The van der Waals surface area contributed by atoms with E-state index in [-0.39, 0.29) is 57.2 Å². The minimum absolute atomic E-state index is 0.0186. The zero-order valence-corrected chi connectivity index (χ0v) is 27.6. The summed E-state index contributed by atoms with van der Waals surface area (Å²) < 4.78 is 16.4. The van der Waals surface area contributed by atoms with E-state index in [1.54, 1.807) is 25.7 Å². The number of carbonyl (C=O) groups excluding carboxylic acids is 7. The fourth-order valence-corrected chi connectivity index (χ4v) is 5.46. The maximum Gasteiger partial charge on any atom is 0.329 e. The highest BCUT2D eigenvalue weighted by molar-refractivity contribution is 6.13. The lowest BCUT2D eigenvalue weighted by atomic mass is 10.1. The van der Waals surface area contributed by atoms with Crippen LogP contribution in [0.5, 0.6) is 0 Å². The number of amides is 5. The molecule has 0 aromatic rings. The summed E-state index contributed by atoms with van der Waals surface area (Å²) in [6.07, 6.45) is 3.24. The molecule has 5 atom stereocenters. The van der Waals surface area contributed by atoms with Gasteiger partial charge in [-0.05, 0) is 52.5 Å². The van der Waals surface area contributed by atoms with Crippen molar-refractivity contribution in [3.05, 3.63) is 24.8 Å². The van der Waals surface area contributed by atoms with Crippen molar-refractivity contribution in [2.75, 3.05) is 32.8 Å². The van der Waals surface area contributed by atoms with Gasteiger partial charge in [-0.1, -0.05) is 19.6 Å². The lowest BCUT2D eigenvalue weighted by Gasteiger charge is -2.28. The van der Waals surface area contributed by atoms with Gasteiger partial charge in [-0.2, -0.15) is 0 Å². The first-order valence-corrected chi connectivity index (χ1v) is 16.0. The Morgan fingerprint density at radius 2 is 1.64 bits per heavy atom. The lowest BCUT2D eigenvalue weighted by Crippen LogP contribution is -2.48. The maximum atomic E-state index is 13.2. The minimum Gasteiger partial charge on any atom is -0.460 e. The highest BCUT2D eigenvalue weighted by Crippen LogP contribution is 2.24. The predicted molar refractivity (Wildman–Crippen MR) is 167 cm³/mol. The molecule has 3 aliphatic rings. The molecule has 5 amide bonds. The molecule has 260 valence electrons. The summed E-state index contributed by atoms with van der Waals surface area (Å²) in [4.78, 5) is 90.8. The van der Waals surface area contributed by atoms with Gasteiger partial charge in [-0.25, -0.2) is 9.59 Å². The van der Waals surface area contributed by atoms with Crippen LogP contribution in [-0.4, -0.2) is 114 Å². The maximum absolute atomic E-state index is 13.2. The van der Waals surface area contributed by atoms with E-state index in [9.17, 15) is 33.6 Å². The molecule has 0 aliphatic carbocycles. The van der Waals surface area contributed by atoms with Crippen LogP contribution in [0.4, 0.5) is 0 Å². The summed E-state index contributed by atoms with van der Waals surface area (Å²) in [5.74, 6) is -3.62. The average Bonchev–Trinajstić information content (AvgIpc) is 3.74. The Morgan fingerprint density at radius 3 is 2.23 bits per heavy atom. The minimum atomic E-state index is -1.23. The number of esters is 2. The van der Waals surface area contributed by atoms with Crippen molar-refractivity contribution in [3.63, 3.8) is 0 Å². The van der Waals surface area contributed by atoms with E-state index < -0.39 is 59.5 Å². The van der Waals surface area contributed by atoms with E-state index in [1.807, 2.05) is 0 Å². The summed E-state index contributed by atoms with van der Waals surface area (Å²) in [5, 5.41) is 8.51. The van der Waals surface area contributed by atoms with Crippen LogP contribution in [0.3, 0.4) is 0 Å². The molecule has 47 heavy (non-hydrogen) atoms. The fraction of sp³-hybridized carbons (Fsp3) is 0.656. The van der Waals surface area contributed by atoms with Crippen LogP contribution in [0.15, 0.2) is 24.8 Å². The monoisotopic (exact) mass is 661 g/mol. The van der Waals surface area contributed by atoms with Gasteiger partial charge in [0.15, 0.2) is 0 Å². The van der Waals surface area contributed by atoms with Gasteiger partial charge in [-0.3, -0.25) is 28.9 Å². The van der Waals surface area contributed by atoms with Crippen molar-refractivity contribution in [2.45, 2.75) is 96.2 Å². The Labute approximate surface area is 274 Å². The number of nitrogens with one attached hydrogen (secondary N) is 3. The average molecular weight is 662 g/mol. The van der Waals surface area contributed by atoms with Crippen LogP contribution in [0.2, 0.25) is 0 Å². The van der Waals surface area contributed by atoms with Crippen LogP contribution in [0.25, 0.3) is 0 Å². The van der Waals surface area contributed by atoms with Gasteiger partial charge in [-0.15, -0.1) is 0 Å². The smallest absolute Gasteiger partial charge is 0.329 e. The van der Waals surface area contributed by atoms with Crippen molar-refractivity contribution in [3.8, 4) is 0 Å². The van der Waals surface area contributed by atoms with Gasteiger partial charge in [0, 0.05) is 44.5 Å². The molecule has 2 saturated heterocycles. The molecule has 2 fully saturated rings. The molecular formula is C32H47N5O10. The van der Waals surface area contributed by atoms with Crippen molar-refractivity contribution in [2.24, 2.45) is 5.92 Å². The number of imide groups is 1. The first-order chi connectivity index (χ1) is 22.2. The Balaban J connectivity index is 1.59. The van der Waals surface area contributed by atoms with Gasteiger partial charge in [0.1, 0.15) is 30.5 Å². The Morgan fingerprint density at radius 1 is 1.02 bits per heavy atom. The van der Waals surface area contributed by atoms with E-state index in [1.165, 1.54) is 6.08 Å². The number of rotatable bonds is 16. The molecule has 0 radical (unpaired) electrons. The van der Waals surface area contributed by atoms with Crippen molar-refractivity contribution in [1.82, 2.24) is 25.8 Å². The van der Waals surface area contributed by atoms with Gasteiger partial charge in [0.25, 0.3) is 11.8 Å². The fourth-order valence-electron chi connectivity index (χ4n) is 5.46. The summed E-state index contributed by atoms with van der Waals surface area (Å²) >= 11 is 0. The van der Waals surface area contributed by atoms with E-state index in [0.717, 1.165) is 30.0 Å². The molecule has 0 spiro atoms. The molecule has 2 unspecified atom stereocenters. The SMILES string of the molecule is C=CCOC(=O)[C@H](CCC(=O)N1CCOC1[C@@H]1CC(C)CN1)NC(=O)CC[C@H](NC(=O)CCN1C(=O)C=CC1=O)C(=O)OC(C)(C)C. The van der Waals surface area contributed by atoms with E-state index in [4.69, 9.17) is 14.2 Å². The van der Waals surface area contributed by atoms with E-state index in [2.05, 4.69) is 29.5 Å². The number of hydrogen-bond donors (Lipinski definition) is 3. The summed E-state index contributed by atoms with van der Waals surface area (Å²) in [6.45, 7) is 12.0. The topological polar surface area (TPSA) is 190 Å². The summed E-state index contributed by atoms with van der Waals surface area (Å²) in [5.41, 5.74) is -0.889. The third kappa shape index (κ3) is 11.6. The second kappa shape index (κ2) is 17.2. The third-order valence-corrected chi connectivity index (χ3v) is 7.74. The Kier molecular flexibility index (Phi) is 13.6. The van der Waals surface area contributed by atoms with Gasteiger partial charge in [0.2, 0.25) is 17.7 Å². The molecule has 15 heteroatoms. The summed E-state index contributed by atoms with van der Waals surface area (Å²) in [6, 6.07) is -2.37. The van der Waals surface area contributed by atoms with Crippen LogP contribution < -0.4 is 16.0 Å². The molecule has 0 bridgehead atoms. The highest BCUT2D eigenvalue weighted by Gasteiger charge is 2.39. The highest BCUT2D eigenvalue weighted by atomic mass is 16.6. The van der Waals surface area contributed by atoms with Crippen molar-refractivity contribution < 1.29 is 47.8 Å². The second-order valence-corrected chi connectivity index (χ2v) is 12.9. The first kappa shape index (κ1) is 37.3. The van der Waals surface area contributed by atoms with Gasteiger partial charge < -0.3 is 35.1 Å². The zero-order chi connectivity index (χ0) is 34.7. The first-order valence-electron chi connectivity index (χ1n) is 16.0. The number of hydrogen-bond acceptors (Lipinski definition) is 11. The Hall–Kier alpha value is -4.11. The van der Waals surface area contributed by atoms with Crippen molar-refractivity contribution in [1.29, 1.82) is 0 Å². The molecule has 3 N–H and O–H groups in total. The Bertz CT molecular complexity index is 1230.